The molecule has 216 valence electrons. The lowest BCUT2D eigenvalue weighted by atomic mass is 9.80. The number of benzene rings is 3. The van der Waals surface area contributed by atoms with Gasteiger partial charge in [0.2, 0.25) is 5.76 Å². The average molecular weight is 574 g/mol. The van der Waals surface area contributed by atoms with Crippen molar-refractivity contribution in [2.45, 2.75) is 52.0 Å². The van der Waals surface area contributed by atoms with Crippen molar-refractivity contribution in [2.75, 3.05) is 0 Å². The molecule has 0 amide bonds. The Bertz CT molecular complexity index is 1730. The van der Waals surface area contributed by atoms with Crippen LogP contribution in [0, 0.1) is 6.92 Å². The van der Waals surface area contributed by atoms with E-state index >= 15 is 0 Å². The molecule has 42 heavy (non-hydrogen) atoms. The number of aryl methyl sites for hydroxylation is 1. The first-order chi connectivity index (χ1) is 19.9. The van der Waals surface area contributed by atoms with Gasteiger partial charge in [0.1, 0.15) is 5.76 Å². The first-order valence-corrected chi connectivity index (χ1v) is 13.4. The Hall–Kier alpha value is -4.50. The Morgan fingerprint density at radius 3 is 2.14 bits per heavy atom. The molecule has 0 bridgehead atoms. The molecule has 3 aromatic carbocycles. The zero-order valence-electron chi connectivity index (χ0n) is 23.4. The average Bonchev–Trinajstić information content (AvgIpc) is 3.43. The highest BCUT2D eigenvalue weighted by atomic mass is 19.4. The van der Waals surface area contributed by atoms with Crippen LogP contribution in [0.4, 0.5) is 13.2 Å². The number of hydrogen-bond acceptors (Lipinski definition) is 5. The Morgan fingerprint density at radius 2 is 1.50 bits per heavy atom. The summed E-state index contributed by atoms with van der Waals surface area (Å²) in [4.78, 5) is 23.7. The number of fused-ring (bicyclic) bond motifs is 1. The SMILES string of the molecule is Cc1nc2ccccc2nc1CN(Cc1ccc(C(F)(F)F)o1)Cc1ccc(-c2ccccc2)cc1C(C)(C)C(=O)O. The smallest absolute Gasteiger partial charge is 0.449 e. The minimum Gasteiger partial charge on any atom is -0.481 e. The van der Waals surface area contributed by atoms with Crippen molar-refractivity contribution < 1.29 is 27.5 Å². The van der Waals surface area contributed by atoms with Gasteiger partial charge in [0, 0.05) is 13.1 Å². The van der Waals surface area contributed by atoms with Crippen molar-refractivity contribution >= 4 is 17.0 Å². The summed E-state index contributed by atoms with van der Waals surface area (Å²) < 4.78 is 45.0. The van der Waals surface area contributed by atoms with Crippen LogP contribution in [0.25, 0.3) is 22.2 Å². The van der Waals surface area contributed by atoms with E-state index in [1.54, 1.807) is 13.8 Å². The van der Waals surface area contributed by atoms with Gasteiger partial charge in [-0.25, -0.2) is 9.97 Å². The van der Waals surface area contributed by atoms with Gasteiger partial charge in [-0.05, 0) is 73.4 Å². The predicted molar refractivity (Wildman–Crippen MR) is 153 cm³/mol. The number of aromatic nitrogens is 2. The van der Waals surface area contributed by atoms with Crippen molar-refractivity contribution in [1.82, 2.24) is 14.9 Å². The number of furan rings is 1. The first kappa shape index (κ1) is 29.0. The standard InChI is InChI=1S/C33H30F3N3O3/c1-21-29(38-28-12-8-7-11-27(28)37-21)20-39(19-25-15-16-30(42-25)33(34,35)36)18-24-14-13-23(22-9-5-4-6-10-22)17-26(24)32(2,3)31(40)41/h4-17H,18-20H2,1-3H3,(H,40,41). The molecule has 0 unspecified atom stereocenters. The molecule has 6 nitrogen and oxygen atoms in total. The summed E-state index contributed by atoms with van der Waals surface area (Å²) in [7, 11) is 0. The molecule has 0 fully saturated rings. The second-order valence-corrected chi connectivity index (χ2v) is 10.8. The predicted octanol–water partition coefficient (Wildman–Crippen LogP) is 7.78. The Kier molecular flexibility index (Phi) is 7.88. The van der Waals surface area contributed by atoms with E-state index in [-0.39, 0.29) is 25.4 Å². The normalized spacial score (nSPS) is 12.3. The molecule has 0 saturated heterocycles. The van der Waals surface area contributed by atoms with E-state index in [1.165, 1.54) is 6.07 Å². The van der Waals surface area contributed by atoms with Crippen molar-refractivity contribution in [1.29, 1.82) is 0 Å². The van der Waals surface area contributed by atoms with Crippen LogP contribution in [0.3, 0.4) is 0 Å². The molecule has 5 aromatic rings. The number of carboxylic acids is 1. The van der Waals surface area contributed by atoms with Crippen LogP contribution in [0.2, 0.25) is 0 Å². The molecule has 0 spiro atoms. The third-order valence-corrected chi connectivity index (χ3v) is 7.36. The van der Waals surface area contributed by atoms with Gasteiger partial charge in [0.15, 0.2) is 0 Å². The summed E-state index contributed by atoms with van der Waals surface area (Å²) in [6, 6.07) is 25.0. The summed E-state index contributed by atoms with van der Waals surface area (Å²) in [5, 5.41) is 10.1. The Morgan fingerprint density at radius 1 is 0.833 bits per heavy atom. The fourth-order valence-electron chi connectivity index (χ4n) is 4.95. The van der Waals surface area contributed by atoms with Gasteiger partial charge in [-0.1, -0.05) is 54.6 Å². The van der Waals surface area contributed by atoms with Gasteiger partial charge in [-0.3, -0.25) is 9.69 Å². The maximum Gasteiger partial charge on any atom is 0.449 e. The summed E-state index contributed by atoms with van der Waals surface area (Å²) >= 11 is 0. The highest BCUT2D eigenvalue weighted by Gasteiger charge is 2.35. The molecule has 5 rings (SSSR count). The molecule has 0 saturated carbocycles. The third-order valence-electron chi connectivity index (χ3n) is 7.36. The molecular formula is C33H30F3N3O3. The van der Waals surface area contributed by atoms with Crippen LogP contribution in [0.15, 0.2) is 89.3 Å². The number of para-hydroxylation sites is 2. The topological polar surface area (TPSA) is 79.5 Å². The lowest BCUT2D eigenvalue weighted by molar-refractivity contribution is -0.153. The van der Waals surface area contributed by atoms with E-state index in [0.29, 0.717) is 22.5 Å². The maximum absolute atomic E-state index is 13.3. The van der Waals surface area contributed by atoms with E-state index in [2.05, 4.69) is 4.98 Å². The molecule has 0 radical (unpaired) electrons. The minimum atomic E-state index is -4.60. The van der Waals surface area contributed by atoms with Gasteiger partial charge in [-0.15, -0.1) is 0 Å². The summed E-state index contributed by atoms with van der Waals surface area (Å²) in [6.07, 6.45) is -4.60. The number of carbonyl (C=O) groups is 1. The fraction of sp³-hybridized carbons (Fsp3) is 0.242. The van der Waals surface area contributed by atoms with Crippen LogP contribution in [-0.2, 0) is 36.0 Å². The number of hydrogen-bond donors (Lipinski definition) is 1. The molecular weight excluding hydrogens is 543 g/mol. The lowest BCUT2D eigenvalue weighted by Gasteiger charge is -2.28. The number of halogens is 3. The van der Waals surface area contributed by atoms with Gasteiger partial charge in [0.05, 0.1) is 34.4 Å². The van der Waals surface area contributed by atoms with Crippen LogP contribution in [0.5, 0.6) is 0 Å². The van der Waals surface area contributed by atoms with Crippen LogP contribution in [-0.4, -0.2) is 25.9 Å². The van der Waals surface area contributed by atoms with Crippen molar-refractivity contribution in [3.63, 3.8) is 0 Å². The maximum atomic E-state index is 13.3. The second kappa shape index (κ2) is 11.4. The van der Waals surface area contributed by atoms with Gasteiger partial charge < -0.3 is 9.52 Å². The van der Waals surface area contributed by atoms with E-state index in [9.17, 15) is 23.1 Å². The molecule has 0 aliphatic heterocycles. The highest BCUT2D eigenvalue weighted by molar-refractivity contribution is 5.82. The number of aliphatic carboxylic acids is 1. The largest absolute Gasteiger partial charge is 0.481 e. The van der Waals surface area contributed by atoms with Crippen molar-refractivity contribution in [2.24, 2.45) is 0 Å². The molecule has 0 aliphatic rings. The molecule has 1 N–H and O–H groups in total. The second-order valence-electron chi connectivity index (χ2n) is 10.8. The number of carboxylic acid groups (broad SMARTS) is 1. The molecule has 0 aliphatic carbocycles. The van der Waals surface area contributed by atoms with Gasteiger partial charge in [-0.2, -0.15) is 13.2 Å². The van der Waals surface area contributed by atoms with Gasteiger partial charge in [0.25, 0.3) is 0 Å². The van der Waals surface area contributed by atoms with Crippen LogP contribution < -0.4 is 0 Å². The van der Waals surface area contributed by atoms with Crippen molar-refractivity contribution in [3.8, 4) is 11.1 Å². The number of nitrogens with zero attached hydrogens (tertiary/aromatic N) is 3. The Balaban J connectivity index is 1.56. The van der Waals surface area contributed by atoms with E-state index in [4.69, 9.17) is 9.40 Å². The van der Waals surface area contributed by atoms with E-state index in [1.807, 2.05) is 84.6 Å². The van der Waals surface area contributed by atoms with Crippen LogP contribution in [0.1, 0.15) is 47.9 Å². The third kappa shape index (κ3) is 6.21. The minimum absolute atomic E-state index is 0.0391. The molecule has 2 heterocycles. The van der Waals surface area contributed by atoms with Crippen LogP contribution >= 0.6 is 0 Å². The quantitative estimate of drug-likeness (QED) is 0.194. The van der Waals surface area contributed by atoms with E-state index < -0.39 is 23.3 Å². The molecule has 2 aromatic heterocycles. The first-order valence-electron chi connectivity index (χ1n) is 13.4. The monoisotopic (exact) mass is 573 g/mol. The number of alkyl halides is 3. The zero-order chi connectivity index (χ0) is 30.1. The highest BCUT2D eigenvalue weighted by Crippen LogP contribution is 2.34. The summed E-state index contributed by atoms with van der Waals surface area (Å²) in [5.74, 6) is -1.93. The van der Waals surface area contributed by atoms with E-state index in [0.717, 1.165) is 28.3 Å². The fourth-order valence-corrected chi connectivity index (χ4v) is 4.95. The summed E-state index contributed by atoms with van der Waals surface area (Å²) in [6.45, 7) is 5.66. The van der Waals surface area contributed by atoms with Gasteiger partial charge >= 0.3 is 12.1 Å². The molecule has 9 heteroatoms. The molecule has 0 atom stereocenters. The number of rotatable bonds is 9. The zero-order valence-corrected chi connectivity index (χ0v) is 23.4. The lowest BCUT2D eigenvalue weighted by Crippen LogP contribution is -2.32. The Labute approximate surface area is 241 Å². The summed E-state index contributed by atoms with van der Waals surface area (Å²) in [5.41, 5.74) is 4.72. The van der Waals surface area contributed by atoms with Crippen molar-refractivity contribution in [3.05, 3.63) is 119 Å².